The maximum Gasteiger partial charge on any atom is 0.275 e. The Morgan fingerprint density at radius 3 is 2.56 bits per heavy atom. The van der Waals surface area contributed by atoms with Gasteiger partial charge in [-0.1, -0.05) is 36.4 Å². The van der Waals surface area contributed by atoms with E-state index in [2.05, 4.69) is 5.32 Å². The molecule has 3 rings (SSSR count). The molecule has 0 saturated heterocycles. The van der Waals surface area contributed by atoms with E-state index in [9.17, 15) is 13.6 Å². The predicted octanol–water partition coefficient (Wildman–Crippen LogP) is 3.56. The first-order valence-corrected chi connectivity index (χ1v) is 9.58. The number of rotatable bonds is 7. The average molecular weight is 387 g/mol. The van der Waals surface area contributed by atoms with E-state index >= 15 is 0 Å². The van der Waals surface area contributed by atoms with E-state index in [0.29, 0.717) is 5.56 Å². The van der Waals surface area contributed by atoms with Crippen molar-refractivity contribution in [1.29, 1.82) is 0 Å². The van der Waals surface area contributed by atoms with Crippen LogP contribution in [0.3, 0.4) is 0 Å². The second-order valence-corrected chi connectivity index (χ2v) is 7.30. The minimum atomic E-state index is -0.608. The van der Waals surface area contributed by atoms with Gasteiger partial charge in [-0.3, -0.25) is 4.79 Å². The Kier molecular flexibility index (Phi) is 6.32. The van der Waals surface area contributed by atoms with E-state index in [4.69, 9.17) is 0 Å². The van der Waals surface area contributed by atoms with Gasteiger partial charge in [0.05, 0.1) is 6.04 Å². The third-order valence-electron chi connectivity index (χ3n) is 4.38. The van der Waals surface area contributed by atoms with Gasteiger partial charge < -0.3 is 10.6 Å². The van der Waals surface area contributed by atoms with E-state index in [1.54, 1.807) is 23.6 Å². The number of amides is 1. The summed E-state index contributed by atoms with van der Waals surface area (Å²) in [6.07, 6.45) is 0. The number of quaternary nitrogens is 1. The number of carbonyl (C=O) groups is 1. The second kappa shape index (κ2) is 8.88. The molecule has 0 fully saturated rings. The molecule has 2 atom stereocenters. The minimum Gasteiger partial charge on any atom is -0.339 e. The van der Waals surface area contributed by atoms with Crippen LogP contribution in [0.1, 0.15) is 35.0 Å². The summed E-state index contributed by atoms with van der Waals surface area (Å²) in [4.78, 5) is 13.6. The summed E-state index contributed by atoms with van der Waals surface area (Å²) in [5.74, 6) is -1.35. The highest BCUT2D eigenvalue weighted by Crippen LogP contribution is 2.25. The first kappa shape index (κ1) is 19.2. The van der Waals surface area contributed by atoms with E-state index in [-0.39, 0.29) is 24.5 Å². The maximum atomic E-state index is 13.9. The molecule has 6 heteroatoms. The third-order valence-corrected chi connectivity index (χ3v) is 5.31. The number of carbonyl (C=O) groups excluding carboxylic acids is 1. The fourth-order valence-electron chi connectivity index (χ4n) is 2.92. The van der Waals surface area contributed by atoms with Crippen molar-refractivity contribution in [2.45, 2.75) is 19.0 Å². The van der Waals surface area contributed by atoms with Gasteiger partial charge >= 0.3 is 0 Å². The molecule has 0 saturated carbocycles. The number of benzene rings is 2. The molecule has 2 aromatic carbocycles. The number of hydrogen-bond acceptors (Lipinski definition) is 2. The fraction of sp³-hybridized carbons (Fsp3) is 0.190. The molecule has 1 aromatic heterocycles. The first-order valence-electron chi connectivity index (χ1n) is 8.70. The molecular weight excluding hydrogens is 366 g/mol. The topological polar surface area (TPSA) is 45.7 Å². The molecular formula is C21H21F2N2OS+. The summed E-state index contributed by atoms with van der Waals surface area (Å²) in [5.41, 5.74) is 1.38. The van der Waals surface area contributed by atoms with Gasteiger partial charge in [0, 0.05) is 16.5 Å². The van der Waals surface area contributed by atoms with E-state index in [1.165, 1.54) is 12.1 Å². The normalized spacial score (nSPS) is 13.1. The molecule has 0 radical (unpaired) electrons. The molecule has 27 heavy (non-hydrogen) atoms. The molecule has 0 bridgehead atoms. The van der Waals surface area contributed by atoms with Crippen molar-refractivity contribution in [3.05, 3.63) is 93.7 Å². The Labute approximate surface area is 161 Å². The summed E-state index contributed by atoms with van der Waals surface area (Å²) in [5, 5.41) is 6.77. The van der Waals surface area contributed by atoms with Gasteiger partial charge in [0.1, 0.15) is 17.7 Å². The highest BCUT2D eigenvalue weighted by atomic mass is 32.1. The summed E-state index contributed by atoms with van der Waals surface area (Å²) in [6, 6.07) is 16.7. The Hall–Kier alpha value is -2.57. The quantitative estimate of drug-likeness (QED) is 0.640. The van der Waals surface area contributed by atoms with Gasteiger partial charge in [0.2, 0.25) is 0 Å². The van der Waals surface area contributed by atoms with E-state index < -0.39 is 11.6 Å². The molecule has 3 N–H and O–H groups in total. The van der Waals surface area contributed by atoms with Crippen LogP contribution in [0.15, 0.2) is 66.0 Å². The van der Waals surface area contributed by atoms with Crippen LogP contribution in [0.5, 0.6) is 0 Å². The Balaban J connectivity index is 1.64. The lowest BCUT2D eigenvalue weighted by molar-refractivity contribution is -0.682. The minimum absolute atomic E-state index is 0.146. The van der Waals surface area contributed by atoms with Gasteiger partial charge in [-0.05, 0) is 36.1 Å². The van der Waals surface area contributed by atoms with Crippen molar-refractivity contribution >= 4 is 17.2 Å². The fourth-order valence-corrected chi connectivity index (χ4v) is 3.72. The maximum absolute atomic E-state index is 13.9. The van der Waals surface area contributed by atoms with Crippen LogP contribution in [0.4, 0.5) is 8.78 Å². The van der Waals surface area contributed by atoms with Gasteiger partial charge in [0.25, 0.3) is 5.91 Å². The largest absolute Gasteiger partial charge is 0.339 e. The van der Waals surface area contributed by atoms with Crippen LogP contribution in [0.25, 0.3) is 0 Å². The predicted molar refractivity (Wildman–Crippen MR) is 102 cm³/mol. The van der Waals surface area contributed by atoms with Crippen molar-refractivity contribution in [2.24, 2.45) is 0 Å². The molecule has 3 aromatic rings. The molecule has 140 valence electrons. The van der Waals surface area contributed by atoms with Crippen molar-refractivity contribution in [2.75, 3.05) is 6.54 Å². The zero-order chi connectivity index (χ0) is 19.2. The van der Waals surface area contributed by atoms with Crippen LogP contribution in [-0.4, -0.2) is 12.5 Å². The molecule has 1 amide bonds. The number of hydrogen-bond donors (Lipinski definition) is 2. The average Bonchev–Trinajstić information content (AvgIpc) is 3.19. The zero-order valence-electron chi connectivity index (χ0n) is 14.9. The first-order chi connectivity index (χ1) is 13.0. The molecule has 0 aliphatic heterocycles. The molecule has 1 heterocycles. The van der Waals surface area contributed by atoms with Crippen LogP contribution in [0.2, 0.25) is 0 Å². The summed E-state index contributed by atoms with van der Waals surface area (Å²) < 4.78 is 26.9. The number of nitrogens with one attached hydrogen (secondary N) is 1. The lowest BCUT2D eigenvalue weighted by Crippen LogP contribution is -2.87. The Morgan fingerprint density at radius 1 is 1.11 bits per heavy atom. The number of halogens is 2. The van der Waals surface area contributed by atoms with Gasteiger partial charge in [-0.15, -0.1) is 11.3 Å². The summed E-state index contributed by atoms with van der Waals surface area (Å²) in [6.45, 7) is 1.93. The van der Waals surface area contributed by atoms with Gasteiger partial charge in [-0.2, -0.15) is 0 Å². The van der Waals surface area contributed by atoms with E-state index in [1.807, 2.05) is 47.8 Å². The van der Waals surface area contributed by atoms with Crippen molar-refractivity contribution in [3.63, 3.8) is 0 Å². The molecule has 0 spiro atoms. The lowest BCUT2D eigenvalue weighted by Gasteiger charge is -2.18. The molecule has 3 nitrogen and oxygen atoms in total. The van der Waals surface area contributed by atoms with Crippen LogP contribution in [-0.2, 0) is 4.79 Å². The van der Waals surface area contributed by atoms with Crippen molar-refractivity contribution in [3.8, 4) is 0 Å². The van der Waals surface area contributed by atoms with Gasteiger partial charge in [0.15, 0.2) is 6.54 Å². The van der Waals surface area contributed by atoms with Crippen LogP contribution < -0.4 is 10.6 Å². The Morgan fingerprint density at radius 2 is 1.89 bits per heavy atom. The summed E-state index contributed by atoms with van der Waals surface area (Å²) >= 11 is 1.58. The monoisotopic (exact) mass is 387 g/mol. The number of nitrogens with two attached hydrogens (primary N) is 1. The smallest absolute Gasteiger partial charge is 0.275 e. The van der Waals surface area contributed by atoms with Gasteiger partial charge in [-0.25, -0.2) is 8.78 Å². The molecule has 0 aliphatic carbocycles. The summed E-state index contributed by atoms with van der Waals surface area (Å²) in [7, 11) is 0. The van der Waals surface area contributed by atoms with Crippen LogP contribution >= 0.6 is 11.3 Å². The highest BCUT2D eigenvalue weighted by molar-refractivity contribution is 7.10. The standard InChI is InChI=1S/C21H20F2N2OS/c1-14(17-10-9-16(22)12-18(17)23)24-13-20(26)25-21(19-8-5-11-27-19)15-6-3-2-4-7-15/h2-12,14,21,24H,13H2,1H3,(H,25,26)/p+1/t14-,21-/m1/s1. The highest BCUT2D eigenvalue weighted by Gasteiger charge is 2.20. The molecule has 0 aliphatic rings. The SMILES string of the molecule is C[C@@H]([NH2+]CC(=O)N[C@H](c1ccccc1)c1cccs1)c1ccc(F)cc1F. The van der Waals surface area contributed by atoms with Crippen LogP contribution in [0, 0.1) is 11.6 Å². The third kappa shape index (κ3) is 4.99. The van der Waals surface area contributed by atoms with Crippen molar-refractivity contribution in [1.82, 2.24) is 5.32 Å². The molecule has 0 unspecified atom stereocenters. The number of thiophene rings is 1. The van der Waals surface area contributed by atoms with Crippen molar-refractivity contribution < 1.29 is 18.9 Å². The second-order valence-electron chi connectivity index (χ2n) is 6.32. The lowest BCUT2D eigenvalue weighted by atomic mass is 10.1. The Bertz CT molecular complexity index is 884. The van der Waals surface area contributed by atoms with E-state index in [0.717, 1.165) is 16.5 Å². The zero-order valence-corrected chi connectivity index (χ0v) is 15.7.